The van der Waals surface area contributed by atoms with Crippen molar-refractivity contribution in [2.24, 2.45) is 0 Å². The second kappa shape index (κ2) is 9.31. The maximum absolute atomic E-state index is 13.4. The van der Waals surface area contributed by atoms with Crippen molar-refractivity contribution in [2.45, 2.75) is 26.1 Å². The highest BCUT2D eigenvalue weighted by atomic mass is 19.4. The Balaban J connectivity index is 2.03. The highest BCUT2D eigenvalue weighted by Gasteiger charge is 2.30. The van der Waals surface area contributed by atoms with E-state index in [9.17, 15) is 32.3 Å². The summed E-state index contributed by atoms with van der Waals surface area (Å²) in [5.41, 5.74) is -0.618. The zero-order chi connectivity index (χ0) is 23.5. The minimum atomic E-state index is -4.53. The van der Waals surface area contributed by atoms with Crippen LogP contribution in [0.25, 0.3) is 11.4 Å². The first-order valence-electron chi connectivity index (χ1n) is 9.54. The topological polar surface area (TPSA) is 84.2 Å². The van der Waals surface area contributed by atoms with Crippen molar-refractivity contribution in [3.8, 4) is 11.4 Å². The Morgan fingerprint density at radius 1 is 1.16 bits per heavy atom. The van der Waals surface area contributed by atoms with E-state index in [0.29, 0.717) is 5.69 Å². The van der Waals surface area contributed by atoms with E-state index < -0.39 is 35.6 Å². The molecule has 10 heteroatoms. The third-order valence-electron chi connectivity index (χ3n) is 4.71. The number of amides is 1. The summed E-state index contributed by atoms with van der Waals surface area (Å²) in [6.07, 6.45) is -4.53. The number of aliphatic hydroxyl groups is 1. The second-order valence-corrected chi connectivity index (χ2v) is 7.00. The van der Waals surface area contributed by atoms with Crippen molar-refractivity contribution >= 4 is 11.6 Å². The Morgan fingerprint density at radius 3 is 2.44 bits per heavy atom. The quantitative estimate of drug-likeness (QED) is 0.564. The van der Waals surface area contributed by atoms with Crippen LogP contribution in [0.2, 0.25) is 0 Å². The lowest BCUT2D eigenvalue weighted by Gasteiger charge is -2.16. The van der Waals surface area contributed by atoms with Gasteiger partial charge in [0.2, 0.25) is 5.91 Å². The van der Waals surface area contributed by atoms with E-state index in [1.807, 2.05) is 0 Å². The number of aliphatic hydroxyl groups excluding tert-OH is 1. The average Bonchev–Trinajstić information content (AvgIpc) is 2.72. The van der Waals surface area contributed by atoms with Gasteiger partial charge in [-0.1, -0.05) is 18.2 Å². The normalized spacial score (nSPS) is 11.4. The van der Waals surface area contributed by atoms with Gasteiger partial charge in [-0.2, -0.15) is 13.2 Å². The zero-order valence-corrected chi connectivity index (χ0v) is 16.9. The lowest BCUT2D eigenvalue weighted by atomic mass is 10.1. The molecular formula is C22H19F4N3O3. The van der Waals surface area contributed by atoms with Gasteiger partial charge in [-0.25, -0.2) is 9.37 Å². The molecule has 0 spiro atoms. The number of benzene rings is 2. The Labute approximate surface area is 180 Å². The molecule has 0 aliphatic heterocycles. The third-order valence-corrected chi connectivity index (χ3v) is 4.71. The molecule has 1 aromatic heterocycles. The Bertz CT molecular complexity index is 1190. The largest absolute Gasteiger partial charge is 0.416 e. The molecule has 0 fully saturated rings. The molecule has 6 nitrogen and oxygen atoms in total. The standard InChI is InChI=1S/C22H19F4N3O3/c1-13-18(9-10-30)21(32)29(12-19(31)28-17-4-2-3-16(23)11-17)20(27-13)14-5-7-15(8-6-14)22(24,25)26/h2-8,11,30H,9-10,12H2,1H3,(H,28,31). The van der Waals surface area contributed by atoms with E-state index >= 15 is 0 Å². The summed E-state index contributed by atoms with van der Waals surface area (Å²) in [6, 6.07) is 9.21. The summed E-state index contributed by atoms with van der Waals surface area (Å²) in [7, 11) is 0. The molecule has 3 rings (SSSR count). The van der Waals surface area contributed by atoms with Gasteiger partial charge in [0.25, 0.3) is 5.56 Å². The molecule has 1 amide bonds. The maximum atomic E-state index is 13.4. The number of nitrogens with one attached hydrogen (secondary N) is 1. The molecule has 32 heavy (non-hydrogen) atoms. The molecule has 1 heterocycles. The van der Waals surface area contributed by atoms with Gasteiger partial charge in [-0.05, 0) is 37.3 Å². The van der Waals surface area contributed by atoms with E-state index in [-0.39, 0.29) is 35.7 Å². The molecule has 2 aromatic carbocycles. The lowest BCUT2D eigenvalue weighted by molar-refractivity contribution is -0.137. The zero-order valence-electron chi connectivity index (χ0n) is 16.9. The van der Waals surface area contributed by atoms with Gasteiger partial charge in [-0.15, -0.1) is 0 Å². The van der Waals surface area contributed by atoms with E-state index in [2.05, 4.69) is 10.3 Å². The van der Waals surface area contributed by atoms with Crippen LogP contribution in [0.5, 0.6) is 0 Å². The number of halogens is 4. The average molecular weight is 449 g/mol. The van der Waals surface area contributed by atoms with Gasteiger partial charge in [0, 0.05) is 35.5 Å². The predicted octanol–water partition coefficient (Wildman–Crippen LogP) is 3.55. The number of rotatable bonds is 6. The number of carbonyl (C=O) groups is 1. The third kappa shape index (κ3) is 5.20. The maximum Gasteiger partial charge on any atom is 0.416 e. The van der Waals surface area contributed by atoms with Crippen LogP contribution in [0.1, 0.15) is 16.8 Å². The fourth-order valence-corrected chi connectivity index (χ4v) is 3.19. The Hall–Kier alpha value is -3.53. The second-order valence-electron chi connectivity index (χ2n) is 7.00. The smallest absolute Gasteiger partial charge is 0.396 e. The SMILES string of the molecule is Cc1nc(-c2ccc(C(F)(F)F)cc2)n(CC(=O)Nc2cccc(F)c2)c(=O)c1CCO. The molecule has 0 bridgehead atoms. The van der Waals surface area contributed by atoms with E-state index in [1.54, 1.807) is 0 Å². The first-order valence-corrected chi connectivity index (χ1v) is 9.54. The van der Waals surface area contributed by atoms with Crippen molar-refractivity contribution in [3.05, 3.63) is 81.5 Å². The van der Waals surface area contributed by atoms with Crippen LogP contribution in [0, 0.1) is 12.7 Å². The van der Waals surface area contributed by atoms with Crippen LogP contribution in [0.4, 0.5) is 23.2 Å². The van der Waals surface area contributed by atoms with Gasteiger partial charge in [-0.3, -0.25) is 14.2 Å². The molecule has 0 unspecified atom stereocenters. The van der Waals surface area contributed by atoms with Crippen molar-refractivity contribution in [2.75, 3.05) is 11.9 Å². The minimum absolute atomic E-state index is 0.00249. The van der Waals surface area contributed by atoms with Crippen molar-refractivity contribution in [3.63, 3.8) is 0 Å². The molecule has 0 aliphatic rings. The van der Waals surface area contributed by atoms with Gasteiger partial charge in [0.05, 0.1) is 5.56 Å². The van der Waals surface area contributed by atoms with E-state index in [4.69, 9.17) is 0 Å². The number of anilines is 1. The molecule has 0 radical (unpaired) electrons. The van der Waals surface area contributed by atoms with Crippen LogP contribution >= 0.6 is 0 Å². The molecule has 0 aliphatic carbocycles. The molecule has 168 valence electrons. The number of aromatic nitrogens is 2. The number of nitrogens with zero attached hydrogens (tertiary/aromatic N) is 2. The van der Waals surface area contributed by atoms with E-state index in [1.165, 1.54) is 25.1 Å². The van der Waals surface area contributed by atoms with Crippen LogP contribution in [-0.4, -0.2) is 27.2 Å². The highest BCUT2D eigenvalue weighted by molar-refractivity contribution is 5.90. The summed E-state index contributed by atoms with van der Waals surface area (Å²) < 4.78 is 53.1. The van der Waals surface area contributed by atoms with Gasteiger partial charge >= 0.3 is 6.18 Å². The van der Waals surface area contributed by atoms with Gasteiger partial charge < -0.3 is 10.4 Å². The number of hydrogen-bond acceptors (Lipinski definition) is 4. The molecule has 0 saturated carbocycles. The predicted molar refractivity (Wildman–Crippen MR) is 109 cm³/mol. The lowest BCUT2D eigenvalue weighted by Crippen LogP contribution is -2.33. The highest BCUT2D eigenvalue weighted by Crippen LogP contribution is 2.30. The van der Waals surface area contributed by atoms with Crippen LogP contribution in [0.3, 0.4) is 0 Å². The Morgan fingerprint density at radius 2 is 1.84 bits per heavy atom. The fourth-order valence-electron chi connectivity index (χ4n) is 3.19. The molecule has 2 N–H and O–H groups in total. The summed E-state index contributed by atoms with van der Waals surface area (Å²) in [6.45, 7) is 0.696. The minimum Gasteiger partial charge on any atom is -0.396 e. The molecular weight excluding hydrogens is 430 g/mol. The monoisotopic (exact) mass is 449 g/mol. The summed E-state index contributed by atoms with van der Waals surface area (Å²) in [5.74, 6) is -1.23. The summed E-state index contributed by atoms with van der Waals surface area (Å²) in [4.78, 5) is 29.9. The first-order chi connectivity index (χ1) is 15.1. The molecule has 3 aromatic rings. The van der Waals surface area contributed by atoms with Crippen molar-refractivity contribution in [1.82, 2.24) is 9.55 Å². The fraction of sp³-hybridized carbons (Fsp3) is 0.227. The van der Waals surface area contributed by atoms with E-state index in [0.717, 1.165) is 34.9 Å². The number of hydrogen-bond donors (Lipinski definition) is 2. The summed E-state index contributed by atoms with van der Waals surface area (Å²) >= 11 is 0. The van der Waals surface area contributed by atoms with Gasteiger partial charge in [0.15, 0.2) is 0 Å². The van der Waals surface area contributed by atoms with Crippen LogP contribution in [-0.2, 0) is 23.9 Å². The first kappa shape index (κ1) is 23.1. The number of aryl methyl sites for hydroxylation is 1. The van der Waals surface area contributed by atoms with Crippen molar-refractivity contribution < 1.29 is 27.5 Å². The molecule has 0 atom stereocenters. The van der Waals surface area contributed by atoms with Crippen molar-refractivity contribution in [1.29, 1.82) is 0 Å². The van der Waals surface area contributed by atoms with Gasteiger partial charge in [0.1, 0.15) is 18.2 Å². The van der Waals surface area contributed by atoms with Crippen LogP contribution < -0.4 is 10.9 Å². The number of alkyl halides is 3. The van der Waals surface area contributed by atoms with Crippen LogP contribution in [0.15, 0.2) is 53.3 Å². The molecule has 0 saturated heterocycles. The Kier molecular flexibility index (Phi) is 6.73. The number of carbonyl (C=O) groups excluding carboxylic acids is 1. The summed E-state index contributed by atoms with van der Waals surface area (Å²) in [5, 5.41) is 11.7.